The minimum absolute atomic E-state index is 0.268. The quantitative estimate of drug-likeness (QED) is 0.711. The van der Waals surface area contributed by atoms with Gasteiger partial charge in [-0.3, -0.25) is 14.5 Å². The lowest BCUT2D eigenvalue weighted by Crippen LogP contribution is -2.53. The van der Waals surface area contributed by atoms with Crippen molar-refractivity contribution < 1.29 is 19.4 Å². The summed E-state index contributed by atoms with van der Waals surface area (Å²) in [6.45, 7) is 5.90. The molecule has 1 fully saturated rings. The number of carbonyl (C=O) groups excluding carboxylic acids is 1. The molecule has 7 nitrogen and oxygen atoms in total. The van der Waals surface area contributed by atoms with Crippen molar-refractivity contribution in [2.75, 3.05) is 6.54 Å². The first-order valence-electron chi connectivity index (χ1n) is 9.20. The highest BCUT2D eigenvalue weighted by Crippen LogP contribution is 2.32. The summed E-state index contributed by atoms with van der Waals surface area (Å²) in [6, 6.07) is 8.62. The molecule has 1 aromatic carbocycles. The van der Waals surface area contributed by atoms with Crippen LogP contribution in [0.15, 0.2) is 30.3 Å². The van der Waals surface area contributed by atoms with Crippen LogP contribution in [-0.4, -0.2) is 45.2 Å². The van der Waals surface area contributed by atoms with Crippen LogP contribution in [0.3, 0.4) is 0 Å². The van der Waals surface area contributed by atoms with Crippen molar-refractivity contribution in [1.82, 2.24) is 9.88 Å². The summed E-state index contributed by atoms with van der Waals surface area (Å²) in [6.07, 6.45) is 0.356. The van der Waals surface area contributed by atoms with Gasteiger partial charge in [-0.25, -0.2) is 0 Å². The molecule has 0 spiro atoms. The molecule has 3 atom stereocenters. The topological polar surface area (TPSA) is 109 Å². The van der Waals surface area contributed by atoms with Crippen molar-refractivity contribution in [1.29, 1.82) is 0 Å². The Bertz CT molecular complexity index is 806. The first kappa shape index (κ1) is 19.4. The molecule has 0 aliphatic carbocycles. The second-order valence-electron chi connectivity index (χ2n) is 8.11. The van der Waals surface area contributed by atoms with Gasteiger partial charge >= 0.3 is 11.9 Å². The van der Waals surface area contributed by atoms with Gasteiger partial charge in [0.15, 0.2) is 0 Å². The largest absolute Gasteiger partial charge is 0.480 e. The van der Waals surface area contributed by atoms with Crippen molar-refractivity contribution in [3.8, 4) is 0 Å². The third kappa shape index (κ3) is 4.31. The smallest absolute Gasteiger partial charge is 0.327 e. The SMILES string of the molecule is CC(C)(C)OC(=O)[C@@H]1CCN([C@H](C(=O)O)c2cc3ccccc3[nH]2)[C@H](N)C1. The number of fused-ring (bicyclic) bond motifs is 1. The van der Waals surface area contributed by atoms with Crippen molar-refractivity contribution in [3.05, 3.63) is 36.0 Å². The lowest BCUT2D eigenvalue weighted by Gasteiger charge is -2.40. The van der Waals surface area contributed by atoms with Crippen LogP contribution in [0.4, 0.5) is 0 Å². The first-order chi connectivity index (χ1) is 12.7. The summed E-state index contributed by atoms with van der Waals surface area (Å²) in [4.78, 5) is 29.3. The number of hydrogen-bond acceptors (Lipinski definition) is 5. The van der Waals surface area contributed by atoms with E-state index in [2.05, 4.69) is 4.98 Å². The minimum atomic E-state index is -0.965. The van der Waals surface area contributed by atoms with Crippen LogP contribution in [0.5, 0.6) is 0 Å². The predicted octanol–water partition coefficient (Wildman–Crippen LogP) is 2.63. The highest BCUT2D eigenvalue weighted by Gasteiger charge is 2.39. The lowest BCUT2D eigenvalue weighted by atomic mass is 9.92. The van der Waals surface area contributed by atoms with Gasteiger partial charge in [-0.15, -0.1) is 0 Å². The van der Waals surface area contributed by atoms with E-state index in [4.69, 9.17) is 10.5 Å². The molecule has 0 amide bonds. The number of carbonyl (C=O) groups is 2. The van der Waals surface area contributed by atoms with Crippen LogP contribution in [0.25, 0.3) is 10.9 Å². The zero-order valence-corrected chi connectivity index (χ0v) is 15.9. The Labute approximate surface area is 158 Å². The van der Waals surface area contributed by atoms with Crippen molar-refractivity contribution in [3.63, 3.8) is 0 Å². The maximum atomic E-state index is 12.3. The van der Waals surface area contributed by atoms with E-state index in [1.54, 1.807) is 4.90 Å². The Morgan fingerprint density at radius 2 is 2.04 bits per heavy atom. The number of piperidine rings is 1. The Hall–Kier alpha value is -2.38. The van der Waals surface area contributed by atoms with Gasteiger partial charge in [0, 0.05) is 17.8 Å². The molecule has 0 bridgehead atoms. The third-order valence-corrected chi connectivity index (χ3v) is 4.84. The maximum Gasteiger partial charge on any atom is 0.327 e. The number of esters is 1. The number of benzene rings is 1. The molecule has 1 aromatic heterocycles. The number of carboxylic acids is 1. The number of aromatic nitrogens is 1. The van der Waals surface area contributed by atoms with Crippen LogP contribution < -0.4 is 5.73 Å². The average molecular weight is 373 g/mol. The number of carboxylic acid groups (broad SMARTS) is 1. The molecule has 1 aliphatic rings. The number of hydrogen-bond donors (Lipinski definition) is 3. The van der Waals surface area contributed by atoms with Crippen molar-refractivity contribution in [2.45, 2.75) is 51.4 Å². The summed E-state index contributed by atoms with van der Waals surface area (Å²) < 4.78 is 5.46. The highest BCUT2D eigenvalue weighted by molar-refractivity contribution is 5.83. The number of rotatable bonds is 4. The van der Waals surface area contributed by atoms with Gasteiger partial charge in [0.1, 0.15) is 11.6 Å². The monoisotopic (exact) mass is 373 g/mol. The molecular formula is C20H27N3O4. The number of likely N-dealkylation sites (tertiary alicyclic amines) is 1. The van der Waals surface area contributed by atoms with Crippen LogP contribution in [0.1, 0.15) is 45.3 Å². The molecule has 0 saturated carbocycles. The molecular weight excluding hydrogens is 346 g/mol. The molecule has 146 valence electrons. The second kappa shape index (κ2) is 7.32. The van der Waals surface area contributed by atoms with Gasteiger partial charge in [0.25, 0.3) is 0 Å². The van der Waals surface area contributed by atoms with Gasteiger partial charge in [-0.05, 0) is 51.1 Å². The number of ether oxygens (including phenoxy) is 1. The molecule has 0 radical (unpaired) electrons. The molecule has 27 heavy (non-hydrogen) atoms. The minimum Gasteiger partial charge on any atom is -0.480 e. The number of aromatic amines is 1. The van der Waals surface area contributed by atoms with E-state index < -0.39 is 23.8 Å². The molecule has 7 heteroatoms. The Kier molecular flexibility index (Phi) is 5.26. The third-order valence-electron chi connectivity index (χ3n) is 4.84. The number of H-pyrrole nitrogens is 1. The van der Waals surface area contributed by atoms with E-state index in [9.17, 15) is 14.7 Å². The van der Waals surface area contributed by atoms with Crippen LogP contribution in [0, 0.1) is 5.92 Å². The fraction of sp³-hybridized carbons (Fsp3) is 0.500. The number of nitrogens with zero attached hydrogens (tertiary/aromatic N) is 1. The van der Waals surface area contributed by atoms with E-state index in [0.717, 1.165) is 10.9 Å². The van der Waals surface area contributed by atoms with E-state index in [0.29, 0.717) is 25.1 Å². The van der Waals surface area contributed by atoms with Crippen LogP contribution >= 0.6 is 0 Å². The zero-order chi connectivity index (χ0) is 19.8. The summed E-state index contributed by atoms with van der Waals surface area (Å²) in [5, 5.41) is 10.8. The van der Waals surface area contributed by atoms with Crippen LogP contribution in [0.2, 0.25) is 0 Å². The molecule has 3 rings (SSSR count). The van der Waals surface area contributed by atoms with E-state index in [1.165, 1.54) is 0 Å². The Balaban J connectivity index is 1.78. The summed E-state index contributed by atoms with van der Waals surface area (Å²) in [5.74, 6) is -1.55. The van der Waals surface area contributed by atoms with Gasteiger partial charge in [0.2, 0.25) is 0 Å². The first-order valence-corrected chi connectivity index (χ1v) is 9.20. The molecule has 4 N–H and O–H groups in total. The van der Waals surface area contributed by atoms with Gasteiger partial charge in [-0.1, -0.05) is 18.2 Å². The lowest BCUT2D eigenvalue weighted by molar-refractivity contribution is -0.163. The normalized spacial score (nSPS) is 22.5. The number of nitrogens with one attached hydrogen (secondary N) is 1. The van der Waals surface area contributed by atoms with Crippen LogP contribution in [-0.2, 0) is 14.3 Å². The molecule has 2 aromatic rings. The Morgan fingerprint density at radius 1 is 1.33 bits per heavy atom. The number of nitrogens with two attached hydrogens (primary N) is 1. The number of para-hydroxylation sites is 1. The van der Waals surface area contributed by atoms with Gasteiger partial charge in [0.05, 0.1) is 12.1 Å². The van der Waals surface area contributed by atoms with Gasteiger partial charge in [-0.2, -0.15) is 0 Å². The van der Waals surface area contributed by atoms with E-state index >= 15 is 0 Å². The second-order valence-corrected chi connectivity index (χ2v) is 8.11. The molecule has 1 aliphatic heterocycles. The summed E-state index contributed by atoms with van der Waals surface area (Å²) in [7, 11) is 0. The molecule has 0 unspecified atom stereocenters. The zero-order valence-electron chi connectivity index (χ0n) is 15.9. The summed E-state index contributed by atoms with van der Waals surface area (Å²) in [5.41, 5.74) is 7.21. The predicted molar refractivity (Wildman–Crippen MR) is 102 cm³/mol. The summed E-state index contributed by atoms with van der Waals surface area (Å²) >= 11 is 0. The number of aliphatic carboxylic acids is 1. The van der Waals surface area contributed by atoms with Crippen molar-refractivity contribution >= 4 is 22.8 Å². The molecule has 2 heterocycles. The average Bonchev–Trinajstić information content (AvgIpc) is 2.98. The van der Waals surface area contributed by atoms with Crippen molar-refractivity contribution in [2.24, 2.45) is 11.7 Å². The van der Waals surface area contributed by atoms with E-state index in [1.807, 2.05) is 51.1 Å². The van der Waals surface area contributed by atoms with E-state index in [-0.39, 0.29) is 11.9 Å². The standard InChI is InChI=1S/C20H27N3O4/c1-20(2,3)27-19(26)13-8-9-23(16(21)11-13)17(18(24)25)15-10-12-6-4-5-7-14(12)22-15/h4-7,10,13,16-17,22H,8-9,11,21H2,1-3H3,(H,24,25)/t13-,16+,17+/m1/s1. The highest BCUT2D eigenvalue weighted by atomic mass is 16.6. The molecule has 1 saturated heterocycles. The fourth-order valence-electron chi connectivity index (χ4n) is 3.63. The van der Waals surface area contributed by atoms with Gasteiger partial charge < -0.3 is 20.6 Å². The fourth-order valence-corrected chi connectivity index (χ4v) is 3.63. The maximum absolute atomic E-state index is 12.3. The Morgan fingerprint density at radius 3 is 2.63 bits per heavy atom.